The number of nitrogens with one attached hydrogen (secondary N) is 2. The monoisotopic (exact) mass is 471 g/mol. The van der Waals surface area contributed by atoms with Gasteiger partial charge in [0.25, 0.3) is 0 Å². The predicted molar refractivity (Wildman–Crippen MR) is 118 cm³/mol. The number of halogens is 4. The summed E-state index contributed by atoms with van der Waals surface area (Å²) in [6.45, 7) is 0.221. The van der Waals surface area contributed by atoms with Gasteiger partial charge in [0.05, 0.1) is 28.5 Å². The van der Waals surface area contributed by atoms with Gasteiger partial charge in [0.1, 0.15) is 5.75 Å². The molecule has 1 aromatic heterocycles. The molecule has 0 fully saturated rings. The summed E-state index contributed by atoms with van der Waals surface area (Å²) >= 11 is 0. The number of anilines is 2. The molecule has 0 radical (unpaired) electrons. The van der Waals surface area contributed by atoms with E-state index in [1.54, 1.807) is 24.4 Å². The van der Waals surface area contributed by atoms with E-state index in [1.807, 2.05) is 0 Å². The first-order valence-electron chi connectivity index (χ1n) is 9.90. The van der Waals surface area contributed by atoms with Crippen LogP contribution < -0.4 is 21.1 Å². The molecule has 0 bridgehead atoms. The van der Waals surface area contributed by atoms with E-state index in [0.717, 1.165) is 18.2 Å². The van der Waals surface area contributed by atoms with Crippen molar-refractivity contribution >= 4 is 28.4 Å². The average molecular weight is 471 g/mol. The molecule has 4 N–H and O–H groups in total. The van der Waals surface area contributed by atoms with Gasteiger partial charge in [-0.3, -0.25) is 4.98 Å². The van der Waals surface area contributed by atoms with Crippen LogP contribution in [0.1, 0.15) is 11.3 Å². The Balaban J connectivity index is 1.44. The number of nitrogens with two attached hydrogens (primary N) is 1. The fourth-order valence-corrected chi connectivity index (χ4v) is 3.05. The van der Waals surface area contributed by atoms with E-state index < -0.39 is 23.6 Å². The first-order valence-corrected chi connectivity index (χ1v) is 9.90. The molecule has 2 amide bonds. The topological polar surface area (TPSA) is 102 Å². The van der Waals surface area contributed by atoms with E-state index in [0.29, 0.717) is 22.5 Å². The van der Waals surface area contributed by atoms with E-state index in [9.17, 15) is 22.4 Å². The number of rotatable bonds is 5. The van der Waals surface area contributed by atoms with Crippen LogP contribution in [0.4, 0.5) is 33.7 Å². The molecule has 0 aliphatic heterocycles. The Morgan fingerprint density at radius 3 is 2.44 bits per heavy atom. The molecule has 7 nitrogen and oxygen atoms in total. The van der Waals surface area contributed by atoms with Crippen LogP contribution in [0.5, 0.6) is 11.5 Å². The van der Waals surface area contributed by atoms with Crippen molar-refractivity contribution < 1.29 is 27.1 Å². The molecule has 0 saturated carbocycles. The summed E-state index contributed by atoms with van der Waals surface area (Å²) in [6.07, 6.45) is -2.98. The zero-order valence-electron chi connectivity index (χ0n) is 17.4. The summed E-state index contributed by atoms with van der Waals surface area (Å²) in [5.74, 6) is -0.553. The summed E-state index contributed by atoms with van der Waals surface area (Å²) in [6, 6.07) is 11.9. The fraction of sp³-hybridized carbons (Fsp3) is 0.0870. The largest absolute Gasteiger partial charge is 0.454 e. The molecule has 174 valence electrons. The van der Waals surface area contributed by atoms with E-state index in [2.05, 4.69) is 20.6 Å². The lowest BCUT2D eigenvalue weighted by Gasteiger charge is -2.12. The predicted octanol–water partition coefficient (Wildman–Crippen LogP) is 5.68. The van der Waals surface area contributed by atoms with Crippen molar-refractivity contribution in [3.63, 3.8) is 0 Å². The molecule has 4 aromatic rings. The third-order valence-corrected chi connectivity index (χ3v) is 4.64. The number of hydrogen-bond donors (Lipinski definition) is 3. The molecule has 0 unspecified atom stereocenters. The standard InChI is InChI=1S/C23H17F4N5O2/c24-18-9-15(32-22(33)31-14-3-1-2-13(8-14)23(25,26)27)4-7-21(18)34-17-5-6-19-20(10-17)30-16(11-28)12-29-19/h1-10,12H,11,28H2,(H2,31,32,33). The maximum Gasteiger partial charge on any atom is 0.416 e. The molecule has 1 heterocycles. The molecule has 34 heavy (non-hydrogen) atoms. The number of benzene rings is 3. The van der Waals surface area contributed by atoms with Gasteiger partial charge in [-0.1, -0.05) is 6.07 Å². The molecule has 4 rings (SSSR count). The van der Waals surface area contributed by atoms with Crippen LogP contribution in [0.15, 0.2) is 66.9 Å². The zero-order valence-corrected chi connectivity index (χ0v) is 17.4. The summed E-state index contributed by atoms with van der Waals surface area (Å²) in [4.78, 5) is 20.7. The van der Waals surface area contributed by atoms with Gasteiger partial charge in [0, 0.05) is 30.1 Å². The number of nitrogens with zero attached hydrogens (tertiary/aromatic N) is 2. The maximum atomic E-state index is 14.6. The summed E-state index contributed by atoms with van der Waals surface area (Å²) in [5, 5.41) is 4.64. The van der Waals surface area contributed by atoms with Crippen molar-refractivity contribution in [2.75, 3.05) is 10.6 Å². The van der Waals surface area contributed by atoms with E-state index in [1.165, 1.54) is 24.3 Å². The minimum atomic E-state index is -4.54. The third kappa shape index (κ3) is 5.38. The number of ether oxygens (including phenoxy) is 1. The lowest BCUT2D eigenvalue weighted by atomic mass is 10.2. The first-order chi connectivity index (χ1) is 16.2. The van der Waals surface area contributed by atoms with Crippen molar-refractivity contribution in [2.45, 2.75) is 12.7 Å². The smallest absolute Gasteiger partial charge is 0.416 e. The van der Waals surface area contributed by atoms with Gasteiger partial charge in [-0.15, -0.1) is 0 Å². The van der Waals surface area contributed by atoms with Crippen LogP contribution in [-0.2, 0) is 12.7 Å². The Hall–Kier alpha value is -4.25. The van der Waals surface area contributed by atoms with Gasteiger partial charge in [-0.05, 0) is 42.5 Å². The maximum absolute atomic E-state index is 14.6. The number of fused-ring (bicyclic) bond motifs is 1. The van der Waals surface area contributed by atoms with Crippen LogP contribution in [0.25, 0.3) is 11.0 Å². The molecule has 0 saturated heterocycles. The molecule has 0 aliphatic carbocycles. The Labute approximate surface area is 190 Å². The molecular formula is C23H17F4N5O2. The Bertz CT molecular complexity index is 1360. The SMILES string of the molecule is NCc1cnc2ccc(Oc3ccc(NC(=O)Nc4cccc(C(F)(F)F)c4)cc3F)cc2n1. The van der Waals surface area contributed by atoms with Crippen molar-refractivity contribution in [1.29, 1.82) is 0 Å². The molecular weight excluding hydrogens is 454 g/mol. The molecule has 0 aliphatic rings. The second kappa shape index (κ2) is 9.32. The van der Waals surface area contributed by atoms with E-state index in [4.69, 9.17) is 10.5 Å². The van der Waals surface area contributed by atoms with Crippen molar-refractivity contribution in [2.24, 2.45) is 5.73 Å². The average Bonchev–Trinajstić information content (AvgIpc) is 2.80. The normalized spacial score (nSPS) is 11.3. The highest BCUT2D eigenvalue weighted by Gasteiger charge is 2.30. The van der Waals surface area contributed by atoms with E-state index in [-0.39, 0.29) is 23.7 Å². The first kappa shape index (κ1) is 22.9. The van der Waals surface area contributed by atoms with Crippen molar-refractivity contribution in [1.82, 2.24) is 9.97 Å². The Morgan fingerprint density at radius 1 is 0.971 bits per heavy atom. The number of alkyl halides is 3. The minimum Gasteiger partial charge on any atom is -0.454 e. The number of urea groups is 1. The van der Waals surface area contributed by atoms with Crippen LogP contribution in [0.3, 0.4) is 0 Å². The van der Waals surface area contributed by atoms with Crippen LogP contribution in [-0.4, -0.2) is 16.0 Å². The highest BCUT2D eigenvalue weighted by atomic mass is 19.4. The van der Waals surface area contributed by atoms with Gasteiger partial charge in [-0.2, -0.15) is 13.2 Å². The zero-order chi connectivity index (χ0) is 24.3. The highest BCUT2D eigenvalue weighted by molar-refractivity contribution is 5.99. The number of hydrogen-bond acceptors (Lipinski definition) is 5. The van der Waals surface area contributed by atoms with Crippen LogP contribution >= 0.6 is 0 Å². The fourth-order valence-electron chi connectivity index (χ4n) is 3.05. The van der Waals surface area contributed by atoms with Crippen molar-refractivity contribution in [3.05, 3.63) is 83.9 Å². The Morgan fingerprint density at radius 2 is 1.74 bits per heavy atom. The molecule has 3 aromatic carbocycles. The quantitative estimate of drug-likeness (QED) is 0.325. The van der Waals surface area contributed by atoms with Crippen molar-refractivity contribution in [3.8, 4) is 11.5 Å². The number of carbonyl (C=O) groups is 1. The second-order valence-corrected chi connectivity index (χ2v) is 7.12. The van der Waals surface area contributed by atoms with Crippen LogP contribution in [0.2, 0.25) is 0 Å². The molecule has 11 heteroatoms. The summed E-state index contributed by atoms with van der Waals surface area (Å²) < 4.78 is 58.6. The third-order valence-electron chi connectivity index (χ3n) is 4.64. The minimum absolute atomic E-state index is 0.0649. The lowest BCUT2D eigenvalue weighted by Crippen LogP contribution is -2.20. The molecule has 0 spiro atoms. The van der Waals surface area contributed by atoms with Crippen LogP contribution in [0, 0.1) is 5.82 Å². The van der Waals surface area contributed by atoms with Gasteiger partial charge < -0.3 is 21.1 Å². The number of aromatic nitrogens is 2. The van der Waals surface area contributed by atoms with Gasteiger partial charge in [-0.25, -0.2) is 14.2 Å². The number of carbonyl (C=O) groups excluding carboxylic acids is 1. The van der Waals surface area contributed by atoms with Gasteiger partial charge in [0.15, 0.2) is 11.6 Å². The second-order valence-electron chi connectivity index (χ2n) is 7.12. The van der Waals surface area contributed by atoms with Gasteiger partial charge >= 0.3 is 12.2 Å². The Kier molecular flexibility index (Phi) is 6.28. The summed E-state index contributed by atoms with van der Waals surface area (Å²) in [5.41, 5.74) is 6.43. The summed E-state index contributed by atoms with van der Waals surface area (Å²) in [7, 11) is 0. The highest BCUT2D eigenvalue weighted by Crippen LogP contribution is 2.31. The van der Waals surface area contributed by atoms with E-state index >= 15 is 0 Å². The lowest BCUT2D eigenvalue weighted by molar-refractivity contribution is -0.137. The molecule has 0 atom stereocenters. The van der Waals surface area contributed by atoms with Gasteiger partial charge in [0.2, 0.25) is 0 Å². The number of amides is 2.